The summed E-state index contributed by atoms with van der Waals surface area (Å²) in [5.74, 6) is -2.26. The molecule has 0 amide bonds. The van der Waals surface area contributed by atoms with Gasteiger partial charge in [-0.25, -0.2) is 9.59 Å². The number of esters is 2. The number of hydrogen-bond acceptors (Lipinski definition) is 9. The molecule has 0 aliphatic carbocycles. The quantitative estimate of drug-likeness (QED) is 0.512. The monoisotopic (exact) mass is 441 g/mol. The van der Waals surface area contributed by atoms with Gasteiger partial charge < -0.3 is 29.0 Å². The molecule has 1 N–H and O–H groups in total. The van der Waals surface area contributed by atoms with Gasteiger partial charge in [-0.1, -0.05) is 30.3 Å². The molecule has 1 heterocycles. The lowest BCUT2D eigenvalue weighted by Gasteiger charge is -2.33. The zero-order valence-corrected chi connectivity index (χ0v) is 17.9. The highest BCUT2D eigenvalue weighted by Crippen LogP contribution is 2.43. The number of carbonyl (C=O) groups is 3. The van der Waals surface area contributed by atoms with Crippen LogP contribution in [0, 0.1) is 0 Å². The van der Waals surface area contributed by atoms with Crippen molar-refractivity contribution in [1.29, 1.82) is 0 Å². The maximum Gasteiger partial charge on any atom is 0.355 e. The van der Waals surface area contributed by atoms with Crippen LogP contribution in [0.5, 0.6) is 11.5 Å². The highest BCUT2D eigenvalue weighted by molar-refractivity contribution is 6.05. The van der Waals surface area contributed by atoms with Crippen molar-refractivity contribution >= 4 is 23.4 Å². The number of ketones is 1. The molecule has 0 saturated heterocycles. The Labute approximate surface area is 184 Å². The average molecular weight is 441 g/mol. The van der Waals surface area contributed by atoms with Crippen molar-refractivity contribution in [3.05, 3.63) is 64.9 Å². The highest BCUT2D eigenvalue weighted by Gasteiger charge is 2.36. The van der Waals surface area contributed by atoms with Crippen molar-refractivity contribution < 1.29 is 38.4 Å². The van der Waals surface area contributed by atoms with Crippen molar-refractivity contribution in [1.82, 2.24) is 0 Å². The molecule has 9 heteroatoms. The van der Waals surface area contributed by atoms with Gasteiger partial charge in [0.2, 0.25) is 0 Å². The molecule has 32 heavy (non-hydrogen) atoms. The van der Waals surface area contributed by atoms with Gasteiger partial charge in [0.1, 0.15) is 30.5 Å². The minimum absolute atomic E-state index is 0.00451. The van der Waals surface area contributed by atoms with E-state index in [1.54, 1.807) is 0 Å². The first-order valence-corrected chi connectivity index (χ1v) is 9.67. The lowest BCUT2D eigenvalue weighted by molar-refractivity contribution is -0.140. The fourth-order valence-corrected chi connectivity index (χ4v) is 3.28. The second-order valence-electron chi connectivity index (χ2n) is 6.85. The average Bonchev–Trinajstić information content (AvgIpc) is 2.81. The van der Waals surface area contributed by atoms with E-state index in [1.807, 2.05) is 30.3 Å². The normalized spacial score (nSPS) is 13.5. The number of phenols is 1. The van der Waals surface area contributed by atoms with E-state index in [4.69, 9.17) is 18.9 Å². The van der Waals surface area contributed by atoms with E-state index in [1.165, 1.54) is 31.1 Å². The Morgan fingerprint density at radius 1 is 1.03 bits per heavy atom. The van der Waals surface area contributed by atoms with E-state index in [9.17, 15) is 19.5 Å². The molecular weight excluding hydrogens is 418 g/mol. The van der Waals surface area contributed by atoms with Crippen LogP contribution in [0.15, 0.2) is 53.7 Å². The third kappa shape index (κ3) is 4.57. The molecule has 0 atom stereocenters. The first kappa shape index (κ1) is 22.8. The number of Topliss-reactive ketones (excluding diaryl/α,β-unsaturated/α-hetero) is 1. The first-order valence-electron chi connectivity index (χ1n) is 9.67. The maximum atomic E-state index is 12.6. The summed E-state index contributed by atoms with van der Waals surface area (Å²) in [6.07, 6.45) is 0. The molecule has 0 unspecified atom stereocenters. The predicted octanol–water partition coefficient (Wildman–Crippen LogP) is 2.57. The standard InChI is InChI=1S/C23H23NO8/c1-14(25)16-9-10-18(32-11-15-7-5-4-6-8-15)20(21(16)26)24-13-31-12-17(22(27)29-2)19(24)23(28)30-3/h4-10,26H,11-13H2,1-3H3. The first-order chi connectivity index (χ1) is 15.4. The Balaban J connectivity index is 2.16. The number of benzene rings is 2. The largest absolute Gasteiger partial charge is 0.505 e. The van der Waals surface area contributed by atoms with Crippen molar-refractivity contribution in [3.63, 3.8) is 0 Å². The molecule has 2 aromatic carbocycles. The van der Waals surface area contributed by atoms with Gasteiger partial charge in [0.05, 0.1) is 32.0 Å². The van der Waals surface area contributed by atoms with Crippen molar-refractivity contribution in [2.75, 3.05) is 32.5 Å². The SMILES string of the molecule is COC(=O)C1=C(C(=O)OC)N(c2c(OCc3ccccc3)ccc(C(C)=O)c2O)COC1. The molecule has 3 rings (SSSR count). The summed E-state index contributed by atoms with van der Waals surface area (Å²) >= 11 is 0. The van der Waals surface area contributed by atoms with Gasteiger partial charge in [-0.2, -0.15) is 0 Å². The van der Waals surface area contributed by atoms with Gasteiger partial charge in [0, 0.05) is 0 Å². The topological polar surface area (TPSA) is 112 Å². The van der Waals surface area contributed by atoms with Crippen LogP contribution in [0.2, 0.25) is 0 Å². The molecule has 1 aliphatic heterocycles. The Morgan fingerprint density at radius 3 is 2.34 bits per heavy atom. The molecule has 0 radical (unpaired) electrons. The maximum absolute atomic E-state index is 12.6. The minimum atomic E-state index is -0.838. The van der Waals surface area contributed by atoms with Gasteiger partial charge in [-0.05, 0) is 24.6 Å². The summed E-state index contributed by atoms with van der Waals surface area (Å²) in [4.78, 5) is 38.2. The molecular formula is C23H23NO8. The zero-order chi connectivity index (χ0) is 23.3. The van der Waals surface area contributed by atoms with Crippen LogP contribution < -0.4 is 9.64 Å². The van der Waals surface area contributed by atoms with E-state index in [0.29, 0.717) is 0 Å². The van der Waals surface area contributed by atoms with Crippen LogP contribution in [0.3, 0.4) is 0 Å². The minimum Gasteiger partial charge on any atom is -0.505 e. The molecule has 0 aromatic heterocycles. The van der Waals surface area contributed by atoms with E-state index in [2.05, 4.69) is 0 Å². The van der Waals surface area contributed by atoms with Crippen LogP contribution in [0.4, 0.5) is 5.69 Å². The van der Waals surface area contributed by atoms with E-state index in [0.717, 1.165) is 12.7 Å². The fourth-order valence-electron chi connectivity index (χ4n) is 3.28. The van der Waals surface area contributed by atoms with Gasteiger partial charge in [0.15, 0.2) is 11.5 Å². The summed E-state index contributed by atoms with van der Waals surface area (Å²) in [6.45, 7) is 1.05. The molecule has 0 saturated carbocycles. The predicted molar refractivity (Wildman–Crippen MR) is 113 cm³/mol. The highest BCUT2D eigenvalue weighted by atomic mass is 16.5. The lowest BCUT2D eigenvalue weighted by Crippen LogP contribution is -2.39. The third-order valence-electron chi connectivity index (χ3n) is 4.83. The summed E-state index contributed by atoms with van der Waals surface area (Å²) in [5, 5.41) is 11.0. The second-order valence-corrected chi connectivity index (χ2v) is 6.85. The Morgan fingerprint density at radius 2 is 1.72 bits per heavy atom. The number of anilines is 1. The smallest absolute Gasteiger partial charge is 0.355 e. The van der Waals surface area contributed by atoms with Crippen LogP contribution >= 0.6 is 0 Å². The van der Waals surface area contributed by atoms with Gasteiger partial charge >= 0.3 is 11.9 Å². The molecule has 9 nitrogen and oxygen atoms in total. The molecule has 0 bridgehead atoms. The number of hydrogen-bond donors (Lipinski definition) is 1. The van der Waals surface area contributed by atoms with E-state index in [-0.39, 0.29) is 48.2 Å². The van der Waals surface area contributed by atoms with Crippen LogP contribution in [0.1, 0.15) is 22.8 Å². The molecule has 168 valence electrons. The number of rotatable bonds is 7. The van der Waals surface area contributed by atoms with Crippen molar-refractivity contribution in [3.8, 4) is 11.5 Å². The summed E-state index contributed by atoms with van der Waals surface area (Å²) in [5.41, 5.74) is 0.609. The molecule has 0 spiro atoms. The number of phenolic OH excluding ortho intramolecular Hbond substituents is 1. The number of nitrogens with zero attached hydrogens (tertiary/aromatic N) is 1. The summed E-state index contributed by atoms with van der Waals surface area (Å²) in [6, 6.07) is 12.2. The Hall–Kier alpha value is -3.85. The van der Waals surface area contributed by atoms with Gasteiger partial charge in [-0.3, -0.25) is 4.79 Å². The van der Waals surface area contributed by atoms with Crippen molar-refractivity contribution in [2.45, 2.75) is 13.5 Å². The fraction of sp³-hybridized carbons (Fsp3) is 0.261. The summed E-state index contributed by atoms with van der Waals surface area (Å²) < 4.78 is 21.0. The van der Waals surface area contributed by atoms with Gasteiger partial charge in [0.25, 0.3) is 0 Å². The van der Waals surface area contributed by atoms with Crippen LogP contribution in [-0.2, 0) is 30.4 Å². The second kappa shape index (κ2) is 9.97. The summed E-state index contributed by atoms with van der Waals surface area (Å²) in [7, 11) is 2.34. The lowest BCUT2D eigenvalue weighted by atomic mass is 10.1. The number of methoxy groups -OCH3 is 2. The molecule has 0 fully saturated rings. The number of carbonyl (C=O) groups excluding carboxylic acids is 3. The Bertz CT molecular complexity index is 1060. The Kier molecular flexibility index (Phi) is 7.11. The van der Waals surface area contributed by atoms with Crippen molar-refractivity contribution in [2.24, 2.45) is 0 Å². The number of aromatic hydroxyl groups is 1. The third-order valence-corrected chi connectivity index (χ3v) is 4.83. The molecule has 2 aromatic rings. The van der Waals surface area contributed by atoms with E-state index < -0.39 is 23.5 Å². The molecule has 1 aliphatic rings. The van der Waals surface area contributed by atoms with Gasteiger partial charge in [-0.15, -0.1) is 0 Å². The number of ether oxygens (including phenoxy) is 4. The van der Waals surface area contributed by atoms with Crippen LogP contribution in [-0.4, -0.2) is 50.4 Å². The van der Waals surface area contributed by atoms with Crippen LogP contribution in [0.25, 0.3) is 0 Å². The zero-order valence-electron chi connectivity index (χ0n) is 17.9. The van der Waals surface area contributed by atoms with E-state index >= 15 is 0 Å².